The van der Waals surface area contributed by atoms with E-state index >= 15 is 0 Å². The van der Waals surface area contributed by atoms with Gasteiger partial charge in [0.05, 0.1) is 24.6 Å². The molecule has 5 rings (SSSR count). The Labute approximate surface area is 208 Å². The average Bonchev–Trinajstić information content (AvgIpc) is 3.43. The van der Waals surface area contributed by atoms with Crippen molar-refractivity contribution in [2.75, 3.05) is 12.4 Å². The van der Waals surface area contributed by atoms with Gasteiger partial charge in [0.2, 0.25) is 0 Å². The lowest BCUT2D eigenvalue weighted by atomic mass is 9.88. The van der Waals surface area contributed by atoms with Crippen molar-refractivity contribution in [3.63, 3.8) is 0 Å². The van der Waals surface area contributed by atoms with Crippen LogP contribution in [0.25, 0.3) is 16.9 Å². The number of amides is 1. The number of hydrogen-bond donors (Lipinski definition) is 1. The Hall–Kier alpha value is -3.91. The number of nitrogens with one attached hydrogen (secondary N) is 1. The summed E-state index contributed by atoms with van der Waals surface area (Å²) in [6, 6.07) is 9.47. The van der Waals surface area contributed by atoms with E-state index in [1.54, 1.807) is 24.3 Å². The molecule has 0 spiro atoms. The molecule has 0 aliphatic heterocycles. The van der Waals surface area contributed by atoms with Crippen molar-refractivity contribution in [1.82, 2.24) is 14.6 Å². The number of hydrogen-bond acceptors (Lipinski definition) is 6. The topological polar surface area (TPSA) is 92.3 Å². The highest BCUT2D eigenvalue weighted by molar-refractivity contribution is 7.16. The molecule has 3 heterocycles. The van der Waals surface area contributed by atoms with E-state index < -0.39 is 17.8 Å². The van der Waals surface area contributed by atoms with Crippen molar-refractivity contribution < 1.29 is 22.7 Å². The van der Waals surface area contributed by atoms with E-state index in [9.17, 15) is 23.2 Å². The van der Waals surface area contributed by atoms with Crippen LogP contribution in [0.1, 0.15) is 45.4 Å². The number of thiophene rings is 1. The lowest BCUT2D eigenvalue weighted by molar-refractivity contribution is -0.142. The Balaban J connectivity index is 1.58. The molecule has 0 saturated carbocycles. The van der Waals surface area contributed by atoms with Crippen LogP contribution in [0.15, 0.2) is 36.5 Å². The van der Waals surface area contributed by atoms with Crippen molar-refractivity contribution in [1.29, 1.82) is 5.26 Å². The van der Waals surface area contributed by atoms with Crippen molar-refractivity contribution in [3.8, 4) is 23.1 Å². The third-order valence-electron chi connectivity index (χ3n) is 6.24. The summed E-state index contributed by atoms with van der Waals surface area (Å²) in [6.45, 7) is 2.14. The van der Waals surface area contributed by atoms with Gasteiger partial charge in [0.1, 0.15) is 22.4 Å². The normalized spacial score (nSPS) is 15.4. The van der Waals surface area contributed by atoms with Gasteiger partial charge in [-0.05, 0) is 61.1 Å². The summed E-state index contributed by atoms with van der Waals surface area (Å²) >= 11 is 1.34. The predicted octanol–water partition coefficient (Wildman–Crippen LogP) is 5.73. The van der Waals surface area contributed by atoms with Crippen LogP contribution in [0, 0.1) is 17.2 Å². The average molecular weight is 512 g/mol. The fraction of sp³-hybridized carbons (Fsp3) is 0.280. The van der Waals surface area contributed by atoms with Crippen LogP contribution in [0.3, 0.4) is 0 Å². The highest BCUT2D eigenvalue weighted by Crippen LogP contribution is 2.39. The molecule has 1 unspecified atom stereocenters. The smallest absolute Gasteiger partial charge is 0.433 e. The van der Waals surface area contributed by atoms with Gasteiger partial charge in [-0.1, -0.05) is 6.92 Å². The standard InChI is InChI=1S/C25H20F3N5O2S/c1-13-3-8-16-17(11-29)24(36-20(16)9-13)32-23(34)18-12-30-33-21(25(26,27)28)10-19(31-22(18)33)14-4-6-15(35-2)7-5-14/h4-7,10,12-13H,3,8-9H2,1-2H3,(H,32,34). The zero-order valence-electron chi connectivity index (χ0n) is 19.3. The van der Waals surface area contributed by atoms with Crippen LogP contribution in [0.2, 0.25) is 0 Å². The van der Waals surface area contributed by atoms with Crippen LogP contribution in [0.4, 0.5) is 18.2 Å². The molecule has 36 heavy (non-hydrogen) atoms. The number of aromatic nitrogens is 3. The molecule has 1 aliphatic carbocycles. The number of fused-ring (bicyclic) bond motifs is 2. The van der Waals surface area contributed by atoms with Gasteiger partial charge in [-0.25, -0.2) is 9.50 Å². The molecule has 1 N–H and O–H groups in total. The fourth-order valence-corrected chi connectivity index (χ4v) is 5.72. The number of ether oxygens (including phenoxy) is 1. The van der Waals surface area contributed by atoms with E-state index in [-0.39, 0.29) is 16.9 Å². The SMILES string of the molecule is COc1ccc(-c2cc(C(F)(F)F)n3ncc(C(=O)Nc4sc5c(c4C#N)CCC(C)C5)c3n2)cc1. The number of halogens is 3. The van der Waals surface area contributed by atoms with Crippen LogP contribution in [-0.4, -0.2) is 27.6 Å². The first-order valence-electron chi connectivity index (χ1n) is 11.2. The highest BCUT2D eigenvalue weighted by Gasteiger charge is 2.36. The van der Waals surface area contributed by atoms with Crippen LogP contribution in [0.5, 0.6) is 5.75 Å². The van der Waals surface area contributed by atoms with Gasteiger partial charge in [-0.2, -0.15) is 23.5 Å². The Kier molecular flexibility index (Phi) is 5.92. The molecule has 1 aliphatic rings. The minimum atomic E-state index is -4.74. The molecule has 7 nitrogen and oxygen atoms in total. The molecule has 1 amide bonds. The molecule has 0 radical (unpaired) electrons. The second-order valence-electron chi connectivity index (χ2n) is 8.67. The van der Waals surface area contributed by atoms with E-state index in [0.717, 1.165) is 42.0 Å². The van der Waals surface area contributed by atoms with Gasteiger partial charge < -0.3 is 10.1 Å². The Bertz CT molecular complexity index is 1520. The first-order valence-corrected chi connectivity index (χ1v) is 12.0. The van der Waals surface area contributed by atoms with Gasteiger partial charge in [-0.3, -0.25) is 4.79 Å². The largest absolute Gasteiger partial charge is 0.497 e. The number of rotatable bonds is 4. The lowest BCUT2D eigenvalue weighted by Crippen LogP contribution is -2.16. The third kappa shape index (κ3) is 4.18. The quantitative estimate of drug-likeness (QED) is 0.378. The fourth-order valence-electron chi connectivity index (χ4n) is 4.36. The summed E-state index contributed by atoms with van der Waals surface area (Å²) in [5, 5.41) is 16.7. The molecule has 0 fully saturated rings. The van der Waals surface area contributed by atoms with E-state index in [1.807, 2.05) is 0 Å². The molecule has 11 heteroatoms. The summed E-state index contributed by atoms with van der Waals surface area (Å²) in [4.78, 5) is 18.6. The summed E-state index contributed by atoms with van der Waals surface area (Å²) in [7, 11) is 1.49. The molecule has 0 saturated heterocycles. The number of carbonyl (C=O) groups is 1. The lowest BCUT2D eigenvalue weighted by Gasteiger charge is -2.17. The molecular weight excluding hydrogens is 491 g/mol. The van der Waals surface area contributed by atoms with Crippen molar-refractivity contribution in [2.24, 2.45) is 5.92 Å². The van der Waals surface area contributed by atoms with Gasteiger partial charge in [-0.15, -0.1) is 11.3 Å². The monoisotopic (exact) mass is 511 g/mol. The highest BCUT2D eigenvalue weighted by atomic mass is 32.1. The number of anilines is 1. The minimum Gasteiger partial charge on any atom is -0.497 e. The number of nitriles is 1. The molecule has 1 aromatic carbocycles. The van der Waals surface area contributed by atoms with Crippen molar-refractivity contribution in [2.45, 2.75) is 32.4 Å². The number of alkyl halides is 3. The molecule has 1 atom stereocenters. The Morgan fingerprint density at radius 2 is 2.06 bits per heavy atom. The van der Waals surface area contributed by atoms with E-state index in [0.29, 0.717) is 32.3 Å². The first-order chi connectivity index (χ1) is 17.2. The maximum atomic E-state index is 13.9. The predicted molar refractivity (Wildman–Crippen MR) is 128 cm³/mol. The Morgan fingerprint density at radius 3 is 2.72 bits per heavy atom. The first kappa shape index (κ1) is 23.8. The van der Waals surface area contributed by atoms with Crippen molar-refractivity contribution in [3.05, 3.63) is 63.8 Å². The molecular formula is C25H20F3N5O2S. The molecule has 3 aromatic heterocycles. The second kappa shape index (κ2) is 8.95. The van der Waals surface area contributed by atoms with E-state index in [2.05, 4.69) is 28.4 Å². The molecule has 0 bridgehead atoms. The van der Waals surface area contributed by atoms with Gasteiger partial charge >= 0.3 is 6.18 Å². The summed E-state index contributed by atoms with van der Waals surface area (Å²) < 4.78 is 47.5. The third-order valence-corrected chi connectivity index (χ3v) is 7.41. The summed E-state index contributed by atoms with van der Waals surface area (Å²) in [6.07, 6.45) is -1.14. The Morgan fingerprint density at radius 1 is 1.31 bits per heavy atom. The number of methoxy groups -OCH3 is 1. The number of carbonyl (C=O) groups excluding carboxylic acids is 1. The van der Waals surface area contributed by atoms with Crippen LogP contribution in [-0.2, 0) is 19.0 Å². The zero-order chi connectivity index (χ0) is 25.6. The minimum absolute atomic E-state index is 0.0327. The maximum Gasteiger partial charge on any atom is 0.433 e. The van der Waals surface area contributed by atoms with E-state index in [1.165, 1.54) is 18.4 Å². The number of nitrogens with zero attached hydrogens (tertiary/aromatic N) is 4. The van der Waals surface area contributed by atoms with Gasteiger partial charge in [0.15, 0.2) is 11.3 Å². The second-order valence-corrected chi connectivity index (χ2v) is 9.77. The zero-order valence-corrected chi connectivity index (χ0v) is 20.1. The summed E-state index contributed by atoms with van der Waals surface area (Å²) in [5.74, 6) is 0.342. The maximum absolute atomic E-state index is 13.9. The van der Waals surface area contributed by atoms with Gasteiger partial charge in [0, 0.05) is 10.4 Å². The van der Waals surface area contributed by atoms with E-state index in [4.69, 9.17) is 4.74 Å². The molecule has 184 valence electrons. The number of benzene rings is 1. The molecule has 4 aromatic rings. The van der Waals surface area contributed by atoms with Crippen molar-refractivity contribution >= 4 is 27.9 Å². The van der Waals surface area contributed by atoms with Crippen LogP contribution < -0.4 is 10.1 Å². The van der Waals surface area contributed by atoms with Gasteiger partial charge in [0.25, 0.3) is 5.91 Å². The summed E-state index contributed by atoms with van der Waals surface area (Å²) in [5.41, 5.74) is 0.384. The van der Waals surface area contributed by atoms with Crippen LogP contribution >= 0.6 is 11.3 Å².